The summed E-state index contributed by atoms with van der Waals surface area (Å²) in [7, 11) is 1.65. The summed E-state index contributed by atoms with van der Waals surface area (Å²) in [6.07, 6.45) is 1.73. The summed E-state index contributed by atoms with van der Waals surface area (Å²) in [5, 5.41) is 0. The van der Waals surface area contributed by atoms with Crippen molar-refractivity contribution < 1.29 is 14.2 Å². The molecule has 1 unspecified atom stereocenters. The Morgan fingerprint density at radius 1 is 1.35 bits per heavy atom. The quantitative estimate of drug-likeness (QED) is 0.900. The van der Waals surface area contributed by atoms with Gasteiger partial charge in [-0.2, -0.15) is 0 Å². The van der Waals surface area contributed by atoms with Crippen LogP contribution in [0.1, 0.15) is 18.9 Å². The third-order valence-electron chi connectivity index (χ3n) is 2.78. The number of hydrogen-bond acceptors (Lipinski definition) is 4. The van der Waals surface area contributed by atoms with Gasteiger partial charge in [0.1, 0.15) is 5.75 Å². The first-order valence-electron chi connectivity index (χ1n) is 5.46. The third-order valence-corrected chi connectivity index (χ3v) is 2.78. The van der Waals surface area contributed by atoms with Gasteiger partial charge in [0.15, 0.2) is 11.5 Å². The van der Waals surface area contributed by atoms with Gasteiger partial charge in [0, 0.05) is 12.1 Å². The van der Waals surface area contributed by atoms with E-state index in [1.807, 2.05) is 12.1 Å². The van der Waals surface area contributed by atoms with Gasteiger partial charge in [0.25, 0.3) is 0 Å². The van der Waals surface area contributed by atoms with Crippen LogP contribution in [-0.2, 0) is 6.42 Å². The van der Waals surface area contributed by atoms with Crippen LogP contribution >= 0.6 is 12.4 Å². The second kappa shape index (κ2) is 5.98. The Bertz CT molecular complexity index is 384. The summed E-state index contributed by atoms with van der Waals surface area (Å²) in [5.74, 6) is 2.33. The molecule has 96 valence electrons. The van der Waals surface area contributed by atoms with Crippen LogP contribution in [0, 0.1) is 0 Å². The van der Waals surface area contributed by atoms with Crippen molar-refractivity contribution in [1.82, 2.24) is 0 Å². The number of halogens is 1. The number of rotatable bonds is 4. The molecule has 0 bridgehead atoms. The van der Waals surface area contributed by atoms with Crippen molar-refractivity contribution in [2.75, 3.05) is 13.9 Å². The van der Waals surface area contributed by atoms with Crippen LogP contribution in [0.4, 0.5) is 0 Å². The normalized spacial score (nSPS) is 14.1. The highest BCUT2D eigenvalue weighted by molar-refractivity contribution is 5.85. The highest BCUT2D eigenvalue weighted by Gasteiger charge is 2.18. The molecule has 4 nitrogen and oxygen atoms in total. The molecule has 5 heteroatoms. The van der Waals surface area contributed by atoms with E-state index in [0.717, 1.165) is 35.7 Å². The van der Waals surface area contributed by atoms with Crippen LogP contribution in [0.2, 0.25) is 0 Å². The first-order chi connectivity index (χ1) is 7.74. The van der Waals surface area contributed by atoms with Crippen LogP contribution in [0.5, 0.6) is 17.2 Å². The average molecular weight is 260 g/mol. The van der Waals surface area contributed by atoms with Gasteiger partial charge in [-0.1, -0.05) is 6.92 Å². The van der Waals surface area contributed by atoms with E-state index in [0.29, 0.717) is 0 Å². The van der Waals surface area contributed by atoms with Crippen LogP contribution in [-0.4, -0.2) is 19.9 Å². The molecule has 2 N–H and O–H groups in total. The number of nitrogens with two attached hydrogens (primary N) is 1. The SMILES string of the molecule is CCC(N)Cc1cc2c(cc1OC)OCO2.Cl. The van der Waals surface area contributed by atoms with E-state index >= 15 is 0 Å². The lowest BCUT2D eigenvalue weighted by Gasteiger charge is -2.13. The van der Waals surface area contributed by atoms with Crippen molar-refractivity contribution >= 4 is 12.4 Å². The summed E-state index contributed by atoms with van der Waals surface area (Å²) >= 11 is 0. The number of hydrogen-bond donors (Lipinski definition) is 1. The molecular weight excluding hydrogens is 242 g/mol. The fourth-order valence-electron chi connectivity index (χ4n) is 1.74. The van der Waals surface area contributed by atoms with Crippen molar-refractivity contribution in [3.05, 3.63) is 17.7 Å². The Kier molecular flexibility index (Phi) is 4.90. The molecule has 1 aromatic carbocycles. The Balaban J connectivity index is 0.00000144. The lowest BCUT2D eigenvalue weighted by molar-refractivity contribution is 0.174. The summed E-state index contributed by atoms with van der Waals surface area (Å²) in [4.78, 5) is 0. The molecule has 1 aliphatic heterocycles. The Morgan fingerprint density at radius 2 is 2.00 bits per heavy atom. The minimum atomic E-state index is 0. The first-order valence-corrected chi connectivity index (χ1v) is 5.46. The van der Waals surface area contributed by atoms with Crippen molar-refractivity contribution in [2.45, 2.75) is 25.8 Å². The molecule has 0 fully saturated rings. The number of benzene rings is 1. The van der Waals surface area contributed by atoms with Crippen molar-refractivity contribution in [1.29, 1.82) is 0 Å². The average Bonchev–Trinajstić information content (AvgIpc) is 2.74. The van der Waals surface area contributed by atoms with Crippen molar-refractivity contribution in [2.24, 2.45) is 5.73 Å². The lowest BCUT2D eigenvalue weighted by atomic mass is 10.0. The van der Waals surface area contributed by atoms with E-state index in [9.17, 15) is 0 Å². The molecule has 0 saturated carbocycles. The predicted molar refractivity (Wildman–Crippen MR) is 68.3 cm³/mol. The minimum Gasteiger partial charge on any atom is -0.496 e. The number of methoxy groups -OCH3 is 1. The maximum Gasteiger partial charge on any atom is 0.231 e. The third kappa shape index (κ3) is 2.96. The molecule has 0 radical (unpaired) electrons. The van der Waals surface area contributed by atoms with Gasteiger partial charge in [-0.15, -0.1) is 12.4 Å². The number of fused-ring (bicyclic) bond motifs is 1. The Hall–Kier alpha value is -1.13. The van der Waals surface area contributed by atoms with Gasteiger partial charge in [-0.05, 0) is 24.5 Å². The summed E-state index contributed by atoms with van der Waals surface area (Å²) in [5.41, 5.74) is 7.02. The molecule has 17 heavy (non-hydrogen) atoms. The van der Waals surface area contributed by atoms with E-state index in [1.165, 1.54) is 0 Å². The van der Waals surface area contributed by atoms with Crippen LogP contribution < -0.4 is 19.9 Å². The van der Waals surface area contributed by atoms with E-state index in [4.69, 9.17) is 19.9 Å². The molecule has 0 aromatic heterocycles. The largest absolute Gasteiger partial charge is 0.496 e. The monoisotopic (exact) mass is 259 g/mol. The predicted octanol–water partition coefficient (Wildman–Crippen LogP) is 2.13. The van der Waals surface area contributed by atoms with Crippen LogP contribution in [0.15, 0.2) is 12.1 Å². The van der Waals surface area contributed by atoms with Crippen LogP contribution in [0.25, 0.3) is 0 Å². The number of ether oxygens (including phenoxy) is 3. The molecule has 0 aliphatic carbocycles. The fraction of sp³-hybridized carbons (Fsp3) is 0.500. The summed E-state index contributed by atoms with van der Waals surface area (Å²) in [6, 6.07) is 3.96. The van der Waals surface area contributed by atoms with Crippen molar-refractivity contribution in [3.8, 4) is 17.2 Å². The topological polar surface area (TPSA) is 53.7 Å². The standard InChI is InChI=1S/C12H17NO3.ClH/c1-3-9(13)4-8-5-11-12(16-7-15-11)6-10(8)14-2;/h5-6,9H,3-4,7,13H2,1-2H3;1H. The van der Waals surface area contributed by atoms with Gasteiger partial charge in [0.2, 0.25) is 6.79 Å². The zero-order valence-electron chi connectivity index (χ0n) is 10.1. The minimum absolute atomic E-state index is 0. The van der Waals surface area contributed by atoms with Gasteiger partial charge in [-0.25, -0.2) is 0 Å². The zero-order valence-corrected chi connectivity index (χ0v) is 10.9. The van der Waals surface area contributed by atoms with Gasteiger partial charge >= 0.3 is 0 Å². The van der Waals surface area contributed by atoms with Crippen LogP contribution in [0.3, 0.4) is 0 Å². The van der Waals surface area contributed by atoms with Gasteiger partial charge in [-0.3, -0.25) is 0 Å². The Morgan fingerprint density at radius 3 is 2.59 bits per heavy atom. The molecule has 1 heterocycles. The Labute approximate surface area is 107 Å². The fourth-order valence-corrected chi connectivity index (χ4v) is 1.74. The first kappa shape index (κ1) is 13.9. The molecule has 1 aromatic rings. The van der Waals surface area contributed by atoms with Gasteiger partial charge < -0.3 is 19.9 Å². The van der Waals surface area contributed by atoms with Crippen molar-refractivity contribution in [3.63, 3.8) is 0 Å². The molecule has 0 saturated heterocycles. The smallest absolute Gasteiger partial charge is 0.231 e. The van der Waals surface area contributed by atoms with Gasteiger partial charge in [0.05, 0.1) is 7.11 Å². The zero-order chi connectivity index (χ0) is 11.5. The summed E-state index contributed by atoms with van der Waals surface area (Å²) < 4.78 is 16.0. The molecule has 1 atom stereocenters. The van der Waals surface area contributed by atoms with E-state index in [2.05, 4.69) is 6.92 Å². The molecule has 0 spiro atoms. The molecular formula is C12H18ClNO3. The summed E-state index contributed by atoms with van der Waals surface area (Å²) in [6.45, 7) is 2.35. The van der Waals surface area contributed by atoms with E-state index in [1.54, 1.807) is 7.11 Å². The molecule has 2 rings (SSSR count). The highest BCUT2D eigenvalue weighted by Crippen LogP contribution is 2.38. The van der Waals surface area contributed by atoms with E-state index in [-0.39, 0.29) is 25.2 Å². The molecule has 0 amide bonds. The lowest BCUT2D eigenvalue weighted by Crippen LogP contribution is -2.21. The molecule has 1 aliphatic rings. The maximum absolute atomic E-state index is 5.95. The maximum atomic E-state index is 5.95. The highest BCUT2D eigenvalue weighted by atomic mass is 35.5. The second-order valence-electron chi connectivity index (χ2n) is 3.89. The van der Waals surface area contributed by atoms with E-state index < -0.39 is 0 Å². The second-order valence-corrected chi connectivity index (χ2v) is 3.89.